The Hall–Kier alpha value is -3.00. The summed E-state index contributed by atoms with van der Waals surface area (Å²) in [5, 5.41) is 20.2. The van der Waals surface area contributed by atoms with Gasteiger partial charge in [0.05, 0.1) is 13.1 Å². The Kier molecular flexibility index (Phi) is 9.14. The number of likely N-dealkylation sites (N-methyl/N-ethyl adjacent to an activating group) is 1. The van der Waals surface area contributed by atoms with Gasteiger partial charge >= 0.3 is 5.97 Å². The van der Waals surface area contributed by atoms with Crippen LogP contribution >= 0.6 is 23.5 Å². The van der Waals surface area contributed by atoms with Gasteiger partial charge in [0, 0.05) is 21.7 Å². The second kappa shape index (κ2) is 12.5. The van der Waals surface area contributed by atoms with Crippen molar-refractivity contribution < 1.29 is 19.8 Å². The van der Waals surface area contributed by atoms with Crippen LogP contribution in [0.15, 0.2) is 71.6 Å². The molecule has 0 unspecified atom stereocenters. The number of nitrogens with zero attached hydrogens (tertiary/aromatic N) is 2. The zero-order valence-electron chi connectivity index (χ0n) is 20.8. The fraction of sp³-hybridized carbons (Fsp3) is 0.310. The van der Waals surface area contributed by atoms with Crippen molar-refractivity contribution in [3.05, 3.63) is 88.4 Å². The van der Waals surface area contributed by atoms with Crippen LogP contribution < -0.4 is 4.90 Å². The van der Waals surface area contributed by atoms with Crippen molar-refractivity contribution >= 4 is 41.1 Å². The van der Waals surface area contributed by atoms with Crippen molar-refractivity contribution in [3.8, 4) is 5.75 Å². The molecule has 1 saturated carbocycles. The average molecular weight is 539 g/mol. The van der Waals surface area contributed by atoms with Crippen LogP contribution in [-0.4, -0.2) is 40.0 Å². The fourth-order valence-corrected chi connectivity index (χ4v) is 5.61. The summed E-state index contributed by atoms with van der Waals surface area (Å²) in [7, 11) is 1.83. The number of phenols is 1. The highest BCUT2D eigenvalue weighted by Gasteiger charge is 2.22. The highest BCUT2D eigenvalue weighted by molar-refractivity contribution is 7.97. The van der Waals surface area contributed by atoms with Crippen LogP contribution in [-0.2, 0) is 11.3 Å². The van der Waals surface area contributed by atoms with Gasteiger partial charge in [0.2, 0.25) is 5.91 Å². The fourth-order valence-electron chi connectivity index (χ4n) is 4.69. The van der Waals surface area contributed by atoms with Crippen molar-refractivity contribution in [3.63, 3.8) is 0 Å². The number of hydrogen-bond donors (Lipinski definition) is 2. The molecule has 0 heterocycles. The van der Waals surface area contributed by atoms with Gasteiger partial charge in [-0.25, -0.2) is 9.10 Å². The normalized spacial score (nSPS) is 14.0. The number of aromatic hydroxyl groups is 1. The number of amides is 1. The van der Waals surface area contributed by atoms with E-state index < -0.39 is 5.97 Å². The largest absolute Gasteiger partial charge is 0.507 e. The Morgan fingerprint density at radius 1 is 0.973 bits per heavy atom. The molecule has 2 N–H and O–H groups in total. The third-order valence-electron chi connectivity index (χ3n) is 6.65. The number of carboxylic acids is 1. The van der Waals surface area contributed by atoms with E-state index in [1.807, 2.05) is 23.5 Å². The van der Waals surface area contributed by atoms with Crippen molar-refractivity contribution in [2.45, 2.75) is 49.5 Å². The van der Waals surface area contributed by atoms with Gasteiger partial charge in [0.15, 0.2) is 0 Å². The Labute approximate surface area is 227 Å². The molecule has 1 fully saturated rings. The summed E-state index contributed by atoms with van der Waals surface area (Å²) in [5.41, 5.74) is 2.53. The van der Waals surface area contributed by atoms with E-state index in [4.69, 9.17) is 11.6 Å². The molecule has 8 heteroatoms. The van der Waals surface area contributed by atoms with Crippen LogP contribution in [0.1, 0.15) is 59.5 Å². The molecule has 0 saturated heterocycles. The van der Waals surface area contributed by atoms with Gasteiger partial charge in [-0.15, -0.1) is 0 Å². The van der Waals surface area contributed by atoms with E-state index in [0.717, 1.165) is 10.5 Å². The van der Waals surface area contributed by atoms with Crippen molar-refractivity contribution in [1.29, 1.82) is 0 Å². The molecule has 1 aliphatic carbocycles. The minimum Gasteiger partial charge on any atom is -0.507 e. The van der Waals surface area contributed by atoms with Crippen LogP contribution in [0.2, 0.25) is 5.02 Å². The Morgan fingerprint density at radius 3 is 2.27 bits per heavy atom. The molecular formula is C29H31ClN2O4S. The summed E-state index contributed by atoms with van der Waals surface area (Å²) in [6.45, 7) is 0.407. The standard InChI is InChI=1S/C29H31ClN2O4S/c1-31(37-25-14-11-23(30)12-15-25)19-28(34)32(24-13-16-26(29(35)36)27(33)17-24)18-20-7-9-22(10-8-20)21-5-3-2-4-6-21/h7-17,21,33H,2-6,18-19H2,1H3,(H,35,36). The predicted molar refractivity (Wildman–Crippen MR) is 148 cm³/mol. The summed E-state index contributed by atoms with van der Waals surface area (Å²) in [5.74, 6) is -1.18. The lowest BCUT2D eigenvalue weighted by molar-refractivity contribution is -0.118. The molecule has 37 heavy (non-hydrogen) atoms. The lowest BCUT2D eigenvalue weighted by Gasteiger charge is -2.26. The quantitative estimate of drug-likeness (QED) is 0.286. The Bertz CT molecular complexity index is 1230. The minimum atomic E-state index is -1.22. The number of carboxylic acid groups (broad SMARTS) is 1. The van der Waals surface area contributed by atoms with Crippen LogP contribution in [0, 0.1) is 0 Å². The van der Waals surface area contributed by atoms with Gasteiger partial charge in [-0.3, -0.25) is 4.79 Å². The summed E-state index contributed by atoms with van der Waals surface area (Å²) >= 11 is 7.40. The number of anilines is 1. The summed E-state index contributed by atoms with van der Waals surface area (Å²) in [6, 6.07) is 20.0. The lowest BCUT2D eigenvalue weighted by atomic mass is 9.84. The highest BCUT2D eigenvalue weighted by Crippen LogP contribution is 2.33. The van der Waals surface area contributed by atoms with E-state index in [1.54, 1.807) is 23.1 Å². The molecule has 6 nitrogen and oxygen atoms in total. The third kappa shape index (κ3) is 7.28. The zero-order valence-corrected chi connectivity index (χ0v) is 22.3. The molecule has 0 aromatic heterocycles. The predicted octanol–water partition coefficient (Wildman–Crippen LogP) is 6.96. The highest BCUT2D eigenvalue weighted by atomic mass is 35.5. The van der Waals surface area contributed by atoms with Crippen molar-refractivity contribution in [2.75, 3.05) is 18.5 Å². The average Bonchev–Trinajstić information content (AvgIpc) is 2.89. The molecule has 0 atom stereocenters. The number of rotatable bonds is 9. The number of hydrogen-bond acceptors (Lipinski definition) is 5. The lowest BCUT2D eigenvalue weighted by Crippen LogP contribution is -2.36. The summed E-state index contributed by atoms with van der Waals surface area (Å²) < 4.78 is 1.83. The zero-order chi connectivity index (χ0) is 26.4. The van der Waals surface area contributed by atoms with Crippen LogP contribution in [0.25, 0.3) is 0 Å². The van der Waals surface area contributed by atoms with Crippen LogP contribution in [0.3, 0.4) is 0 Å². The smallest absolute Gasteiger partial charge is 0.339 e. The van der Waals surface area contributed by atoms with E-state index in [-0.39, 0.29) is 23.8 Å². The SMILES string of the molecule is CN(CC(=O)N(Cc1ccc(C2CCCCC2)cc1)c1ccc(C(=O)O)c(O)c1)Sc1ccc(Cl)cc1. The van der Waals surface area contributed by atoms with Gasteiger partial charge in [-0.2, -0.15) is 0 Å². The molecule has 1 amide bonds. The van der Waals surface area contributed by atoms with E-state index in [0.29, 0.717) is 23.2 Å². The van der Waals surface area contributed by atoms with Crippen molar-refractivity contribution in [2.24, 2.45) is 0 Å². The molecule has 3 aromatic rings. The van der Waals surface area contributed by atoms with Gasteiger partial charge in [0.25, 0.3) is 0 Å². The molecule has 1 aliphatic rings. The number of carbonyl (C=O) groups excluding carboxylic acids is 1. The number of aromatic carboxylic acids is 1. The maximum atomic E-state index is 13.5. The van der Waals surface area contributed by atoms with Gasteiger partial charge in [0.1, 0.15) is 11.3 Å². The molecule has 194 valence electrons. The molecule has 0 radical (unpaired) electrons. The first-order valence-electron chi connectivity index (χ1n) is 12.4. The van der Waals surface area contributed by atoms with E-state index in [9.17, 15) is 19.8 Å². The topological polar surface area (TPSA) is 81.1 Å². The van der Waals surface area contributed by atoms with Crippen LogP contribution in [0.4, 0.5) is 5.69 Å². The minimum absolute atomic E-state index is 0.106. The van der Waals surface area contributed by atoms with Crippen molar-refractivity contribution in [1.82, 2.24) is 4.31 Å². The molecular weight excluding hydrogens is 508 g/mol. The molecule has 0 bridgehead atoms. The third-order valence-corrected chi connectivity index (χ3v) is 7.83. The first-order chi connectivity index (χ1) is 17.8. The number of halogens is 1. The van der Waals surface area contributed by atoms with Crippen LogP contribution in [0.5, 0.6) is 5.75 Å². The van der Waals surface area contributed by atoms with Gasteiger partial charge < -0.3 is 15.1 Å². The maximum absolute atomic E-state index is 13.5. The second-order valence-electron chi connectivity index (χ2n) is 9.39. The second-order valence-corrected chi connectivity index (χ2v) is 11.1. The molecule has 3 aromatic carbocycles. The summed E-state index contributed by atoms with van der Waals surface area (Å²) in [6.07, 6.45) is 6.29. The Balaban J connectivity index is 1.53. The van der Waals surface area contributed by atoms with E-state index in [2.05, 4.69) is 24.3 Å². The molecule has 0 spiro atoms. The number of carbonyl (C=O) groups is 2. The monoisotopic (exact) mass is 538 g/mol. The van der Waals surface area contributed by atoms with E-state index >= 15 is 0 Å². The summed E-state index contributed by atoms with van der Waals surface area (Å²) in [4.78, 5) is 27.4. The molecule has 0 aliphatic heterocycles. The van der Waals surface area contributed by atoms with Gasteiger partial charge in [-0.05, 0) is 85.3 Å². The maximum Gasteiger partial charge on any atom is 0.339 e. The Morgan fingerprint density at radius 2 is 1.65 bits per heavy atom. The first kappa shape index (κ1) is 27.0. The number of benzene rings is 3. The van der Waals surface area contributed by atoms with E-state index in [1.165, 1.54) is 61.7 Å². The first-order valence-corrected chi connectivity index (χ1v) is 13.6. The van der Waals surface area contributed by atoms with Gasteiger partial charge in [-0.1, -0.05) is 55.1 Å². The molecule has 4 rings (SSSR count).